The molecule has 0 saturated heterocycles. The van der Waals surface area contributed by atoms with Crippen molar-refractivity contribution < 1.29 is 4.74 Å². The molecule has 1 aromatic rings. The maximum Gasteiger partial charge on any atom is 0.0717 e. The fraction of sp³-hybridized carbons (Fsp3) is 0.667. The Labute approximate surface area is 121 Å². The molecule has 0 amide bonds. The Balaban J connectivity index is 1.32. The van der Waals surface area contributed by atoms with Gasteiger partial charge in [-0.1, -0.05) is 12.1 Å². The Morgan fingerprint density at radius 3 is 2.10 bits per heavy atom. The van der Waals surface area contributed by atoms with Gasteiger partial charge in [-0.3, -0.25) is 0 Å². The second kappa shape index (κ2) is 5.07. The molecule has 0 atom stereocenters. The summed E-state index contributed by atoms with van der Waals surface area (Å²) in [7, 11) is 0. The first kappa shape index (κ1) is 12.7. The summed E-state index contributed by atoms with van der Waals surface area (Å²) >= 11 is 0. The van der Waals surface area contributed by atoms with Crippen molar-refractivity contribution in [3.8, 4) is 0 Å². The molecule has 2 nitrogen and oxygen atoms in total. The van der Waals surface area contributed by atoms with Gasteiger partial charge in [0.1, 0.15) is 0 Å². The minimum Gasteiger partial charge on any atom is -0.399 e. The number of hydrogen-bond donors (Lipinski definition) is 1. The first-order valence-corrected chi connectivity index (χ1v) is 8.20. The summed E-state index contributed by atoms with van der Waals surface area (Å²) in [6.07, 6.45) is 7.49. The summed E-state index contributed by atoms with van der Waals surface area (Å²) < 4.78 is 6.04. The van der Waals surface area contributed by atoms with E-state index >= 15 is 0 Å². The molecule has 4 aliphatic rings. The highest BCUT2D eigenvalue weighted by Crippen LogP contribution is 2.56. The van der Waals surface area contributed by atoms with Crippen molar-refractivity contribution in [2.75, 3.05) is 12.3 Å². The van der Waals surface area contributed by atoms with E-state index in [1.807, 2.05) is 12.1 Å². The first-order chi connectivity index (χ1) is 9.78. The molecule has 0 aromatic heterocycles. The van der Waals surface area contributed by atoms with Gasteiger partial charge in [-0.2, -0.15) is 0 Å². The Bertz CT molecular complexity index is 439. The zero-order valence-corrected chi connectivity index (χ0v) is 12.1. The van der Waals surface area contributed by atoms with Gasteiger partial charge in [-0.25, -0.2) is 0 Å². The SMILES string of the molecule is Nc1ccc(COCC2C3CC4CC(C3)CC2C4)cc1. The van der Waals surface area contributed by atoms with Gasteiger partial charge in [-0.05, 0) is 79.4 Å². The van der Waals surface area contributed by atoms with E-state index in [0.29, 0.717) is 0 Å². The highest BCUT2D eigenvalue weighted by Gasteiger charge is 2.47. The van der Waals surface area contributed by atoms with E-state index in [-0.39, 0.29) is 0 Å². The minimum absolute atomic E-state index is 0.739. The standard InChI is InChI=1S/C18H25NO/c19-17-3-1-12(2-4-17)10-20-11-18-15-6-13-5-14(8-15)9-16(18)7-13/h1-4,13-16,18H,5-11,19H2. The van der Waals surface area contributed by atoms with Crippen LogP contribution in [0, 0.1) is 29.6 Å². The number of nitrogens with two attached hydrogens (primary N) is 1. The summed E-state index contributed by atoms with van der Waals surface area (Å²) in [4.78, 5) is 0. The molecule has 108 valence electrons. The van der Waals surface area contributed by atoms with E-state index < -0.39 is 0 Å². The van der Waals surface area contributed by atoms with E-state index in [1.165, 1.54) is 37.7 Å². The lowest BCUT2D eigenvalue weighted by Gasteiger charge is -2.54. The number of hydrogen-bond acceptors (Lipinski definition) is 2. The molecule has 0 aliphatic heterocycles. The molecule has 4 bridgehead atoms. The molecule has 4 fully saturated rings. The molecule has 0 spiro atoms. The van der Waals surface area contributed by atoms with Crippen LogP contribution in [0.2, 0.25) is 0 Å². The molecule has 20 heavy (non-hydrogen) atoms. The Morgan fingerprint density at radius 2 is 1.50 bits per heavy atom. The third-order valence-corrected chi connectivity index (χ3v) is 5.98. The quantitative estimate of drug-likeness (QED) is 0.844. The van der Waals surface area contributed by atoms with E-state index in [4.69, 9.17) is 10.5 Å². The van der Waals surface area contributed by atoms with Gasteiger partial charge in [0.05, 0.1) is 13.2 Å². The molecule has 2 N–H and O–H groups in total. The lowest BCUT2D eigenvalue weighted by Crippen LogP contribution is -2.46. The van der Waals surface area contributed by atoms with Crippen molar-refractivity contribution >= 4 is 5.69 Å². The van der Waals surface area contributed by atoms with E-state index in [0.717, 1.165) is 48.5 Å². The van der Waals surface area contributed by atoms with Crippen molar-refractivity contribution in [3.05, 3.63) is 29.8 Å². The number of rotatable bonds is 4. The maximum absolute atomic E-state index is 6.04. The van der Waals surface area contributed by atoms with Crippen LogP contribution >= 0.6 is 0 Å². The summed E-state index contributed by atoms with van der Waals surface area (Å²) in [6, 6.07) is 8.07. The van der Waals surface area contributed by atoms with Crippen molar-refractivity contribution in [2.24, 2.45) is 29.6 Å². The summed E-state index contributed by atoms with van der Waals surface area (Å²) in [5.74, 6) is 4.91. The fourth-order valence-electron chi connectivity index (χ4n) is 5.24. The molecule has 4 aliphatic carbocycles. The van der Waals surface area contributed by atoms with Crippen LogP contribution in [-0.4, -0.2) is 6.61 Å². The van der Waals surface area contributed by atoms with E-state index in [2.05, 4.69) is 12.1 Å². The first-order valence-electron chi connectivity index (χ1n) is 8.20. The van der Waals surface area contributed by atoms with Crippen LogP contribution in [0.25, 0.3) is 0 Å². The Morgan fingerprint density at radius 1 is 0.900 bits per heavy atom. The lowest BCUT2D eigenvalue weighted by atomic mass is 9.52. The lowest BCUT2D eigenvalue weighted by molar-refractivity contribution is -0.0742. The predicted octanol–water partition coefficient (Wildman–Crippen LogP) is 3.86. The monoisotopic (exact) mass is 271 g/mol. The minimum atomic E-state index is 0.739. The van der Waals surface area contributed by atoms with Gasteiger partial charge in [0.25, 0.3) is 0 Å². The van der Waals surface area contributed by atoms with Gasteiger partial charge in [0, 0.05) is 5.69 Å². The molecule has 5 rings (SSSR count). The van der Waals surface area contributed by atoms with Crippen LogP contribution < -0.4 is 5.73 Å². The molecule has 2 heteroatoms. The number of benzene rings is 1. The molecule has 0 radical (unpaired) electrons. The largest absolute Gasteiger partial charge is 0.399 e. The molecule has 1 aromatic carbocycles. The van der Waals surface area contributed by atoms with Crippen LogP contribution in [0.3, 0.4) is 0 Å². The molecular weight excluding hydrogens is 246 g/mol. The van der Waals surface area contributed by atoms with Crippen molar-refractivity contribution in [1.82, 2.24) is 0 Å². The molecular formula is C18H25NO. The average molecular weight is 271 g/mol. The van der Waals surface area contributed by atoms with Crippen LogP contribution in [0.15, 0.2) is 24.3 Å². The van der Waals surface area contributed by atoms with Crippen LogP contribution in [0.5, 0.6) is 0 Å². The Kier molecular flexibility index (Phi) is 3.22. The normalized spacial score (nSPS) is 38.3. The highest BCUT2D eigenvalue weighted by atomic mass is 16.5. The third kappa shape index (κ3) is 2.35. The van der Waals surface area contributed by atoms with E-state index in [9.17, 15) is 0 Å². The van der Waals surface area contributed by atoms with Gasteiger partial charge < -0.3 is 10.5 Å². The van der Waals surface area contributed by atoms with Gasteiger partial charge in [0.15, 0.2) is 0 Å². The smallest absolute Gasteiger partial charge is 0.0717 e. The predicted molar refractivity (Wildman–Crippen MR) is 81.0 cm³/mol. The number of nitrogen functional groups attached to an aromatic ring is 1. The van der Waals surface area contributed by atoms with Gasteiger partial charge in [0.2, 0.25) is 0 Å². The van der Waals surface area contributed by atoms with Gasteiger partial charge >= 0.3 is 0 Å². The highest BCUT2D eigenvalue weighted by molar-refractivity contribution is 5.39. The van der Waals surface area contributed by atoms with Crippen LogP contribution in [0.1, 0.15) is 37.7 Å². The summed E-state index contributed by atoms with van der Waals surface area (Å²) in [5, 5.41) is 0. The fourth-order valence-corrected chi connectivity index (χ4v) is 5.24. The maximum atomic E-state index is 6.04. The molecule has 0 heterocycles. The summed E-state index contributed by atoms with van der Waals surface area (Å²) in [6.45, 7) is 1.71. The van der Waals surface area contributed by atoms with E-state index in [1.54, 1.807) is 0 Å². The number of ether oxygens (including phenoxy) is 1. The average Bonchev–Trinajstić information content (AvgIpc) is 2.43. The molecule has 0 unspecified atom stereocenters. The van der Waals surface area contributed by atoms with Gasteiger partial charge in [-0.15, -0.1) is 0 Å². The second-order valence-electron chi connectivity index (χ2n) is 7.35. The van der Waals surface area contributed by atoms with Crippen LogP contribution in [-0.2, 0) is 11.3 Å². The van der Waals surface area contributed by atoms with Crippen molar-refractivity contribution in [3.63, 3.8) is 0 Å². The van der Waals surface area contributed by atoms with Crippen molar-refractivity contribution in [2.45, 2.75) is 38.7 Å². The zero-order valence-electron chi connectivity index (χ0n) is 12.1. The van der Waals surface area contributed by atoms with Crippen LogP contribution in [0.4, 0.5) is 5.69 Å². The topological polar surface area (TPSA) is 35.2 Å². The van der Waals surface area contributed by atoms with Crippen molar-refractivity contribution in [1.29, 1.82) is 0 Å². The Hall–Kier alpha value is -1.02. The third-order valence-electron chi connectivity index (χ3n) is 5.98. The molecule has 4 saturated carbocycles. The second-order valence-corrected chi connectivity index (χ2v) is 7.35. The summed E-state index contributed by atoms with van der Waals surface area (Å²) in [5.41, 5.74) is 7.78. The number of anilines is 1. The zero-order chi connectivity index (χ0) is 13.5.